The number of carbonyl (C=O) groups is 1. The van der Waals surface area contributed by atoms with Crippen LogP contribution in [0.1, 0.15) is 24.1 Å². The van der Waals surface area contributed by atoms with Crippen LogP contribution in [-0.4, -0.2) is 61.4 Å². The van der Waals surface area contributed by atoms with Crippen molar-refractivity contribution in [2.24, 2.45) is 0 Å². The van der Waals surface area contributed by atoms with E-state index in [1.807, 2.05) is 30.0 Å². The first-order chi connectivity index (χ1) is 16.6. The monoisotopic (exact) mass is 476 g/mol. The molecule has 1 aliphatic rings. The molecule has 1 atom stereocenters. The summed E-state index contributed by atoms with van der Waals surface area (Å²) in [6.07, 6.45) is 0. The van der Waals surface area contributed by atoms with Crippen LogP contribution >= 0.6 is 11.8 Å². The second kappa shape index (κ2) is 11.4. The zero-order valence-corrected chi connectivity index (χ0v) is 20.8. The maximum Gasteiger partial charge on any atom is 0.235 e. The summed E-state index contributed by atoms with van der Waals surface area (Å²) in [7, 11) is 3.25. The van der Waals surface area contributed by atoms with Crippen molar-refractivity contribution in [3.8, 4) is 11.5 Å². The number of amides is 1. The lowest BCUT2D eigenvalue weighted by atomic mass is 9.96. The summed E-state index contributed by atoms with van der Waals surface area (Å²) in [4.78, 5) is 18.7. The highest BCUT2D eigenvalue weighted by molar-refractivity contribution is 8.00. The normalized spacial score (nSPS) is 15.2. The van der Waals surface area contributed by atoms with E-state index in [9.17, 15) is 4.79 Å². The van der Waals surface area contributed by atoms with Crippen LogP contribution in [0.4, 0.5) is 0 Å². The fraction of sp³-hybridized carbons (Fsp3) is 0.321. The topological polar surface area (TPSA) is 42.0 Å². The maximum atomic E-state index is 13.2. The first-order valence-corrected chi connectivity index (χ1v) is 12.5. The fourth-order valence-electron chi connectivity index (χ4n) is 4.49. The summed E-state index contributed by atoms with van der Waals surface area (Å²) in [5.74, 6) is 1.54. The van der Waals surface area contributed by atoms with Crippen LogP contribution in [-0.2, 0) is 4.79 Å². The standard InChI is InChI=1S/C28H32N2O3S/c1-21(34-24-14-15-25(32-2)26(20-24)33-3)28(31)30-18-16-29(17-19-30)27(22-10-6-4-7-11-22)23-12-8-5-9-13-23/h4-15,20-21,27H,16-19H2,1-3H3. The first-order valence-electron chi connectivity index (χ1n) is 11.6. The lowest BCUT2D eigenvalue weighted by molar-refractivity contribution is -0.132. The SMILES string of the molecule is COc1ccc(SC(C)C(=O)N2CCN(C(c3ccccc3)c3ccccc3)CC2)cc1OC. The molecule has 1 aliphatic heterocycles. The number of hydrogen-bond donors (Lipinski definition) is 0. The number of piperazine rings is 1. The molecule has 4 rings (SSSR count). The van der Waals surface area contributed by atoms with E-state index in [2.05, 4.69) is 65.6 Å². The quantitative estimate of drug-likeness (QED) is 0.422. The van der Waals surface area contributed by atoms with Crippen LogP contribution in [0.2, 0.25) is 0 Å². The summed E-state index contributed by atoms with van der Waals surface area (Å²) >= 11 is 1.55. The van der Waals surface area contributed by atoms with E-state index in [1.54, 1.807) is 26.0 Å². The number of benzene rings is 3. The van der Waals surface area contributed by atoms with Crippen molar-refractivity contribution in [1.29, 1.82) is 0 Å². The van der Waals surface area contributed by atoms with Gasteiger partial charge in [0.2, 0.25) is 5.91 Å². The molecule has 178 valence electrons. The van der Waals surface area contributed by atoms with Gasteiger partial charge in [0, 0.05) is 31.1 Å². The molecule has 0 bridgehead atoms. The second-order valence-electron chi connectivity index (χ2n) is 8.36. The van der Waals surface area contributed by atoms with Gasteiger partial charge in [-0.2, -0.15) is 0 Å². The Kier molecular flexibility index (Phi) is 8.14. The van der Waals surface area contributed by atoms with E-state index in [0.29, 0.717) is 11.5 Å². The van der Waals surface area contributed by atoms with Gasteiger partial charge >= 0.3 is 0 Å². The van der Waals surface area contributed by atoms with Crippen LogP contribution < -0.4 is 9.47 Å². The Bertz CT molecular complexity index is 1030. The van der Waals surface area contributed by atoms with E-state index >= 15 is 0 Å². The number of rotatable bonds is 8. The molecule has 34 heavy (non-hydrogen) atoms. The van der Waals surface area contributed by atoms with E-state index < -0.39 is 0 Å². The average Bonchev–Trinajstić information content (AvgIpc) is 2.90. The number of thioether (sulfide) groups is 1. The second-order valence-corrected chi connectivity index (χ2v) is 9.78. The number of nitrogens with zero attached hydrogens (tertiary/aromatic N) is 2. The zero-order chi connectivity index (χ0) is 23.9. The van der Waals surface area contributed by atoms with Crippen molar-refractivity contribution in [3.05, 3.63) is 90.0 Å². The third-order valence-electron chi connectivity index (χ3n) is 6.24. The van der Waals surface area contributed by atoms with Gasteiger partial charge in [-0.15, -0.1) is 11.8 Å². The van der Waals surface area contributed by atoms with Gasteiger partial charge in [-0.05, 0) is 36.2 Å². The summed E-state index contributed by atoms with van der Waals surface area (Å²) in [6, 6.07) is 27.2. The van der Waals surface area contributed by atoms with Gasteiger partial charge in [0.15, 0.2) is 11.5 Å². The molecule has 5 nitrogen and oxygen atoms in total. The molecule has 0 spiro atoms. The van der Waals surface area contributed by atoms with E-state index in [-0.39, 0.29) is 17.2 Å². The molecule has 0 N–H and O–H groups in total. The lowest BCUT2D eigenvalue weighted by Crippen LogP contribution is -2.51. The smallest absolute Gasteiger partial charge is 0.235 e. The molecule has 1 amide bonds. The Hall–Kier alpha value is -2.96. The lowest BCUT2D eigenvalue weighted by Gasteiger charge is -2.40. The van der Waals surface area contributed by atoms with Gasteiger partial charge in [-0.25, -0.2) is 0 Å². The minimum Gasteiger partial charge on any atom is -0.493 e. The summed E-state index contributed by atoms with van der Waals surface area (Å²) in [6.45, 7) is 5.12. The summed E-state index contributed by atoms with van der Waals surface area (Å²) < 4.78 is 10.7. The molecule has 0 radical (unpaired) electrons. The van der Waals surface area contributed by atoms with Crippen molar-refractivity contribution in [2.75, 3.05) is 40.4 Å². The fourth-order valence-corrected chi connectivity index (χ4v) is 5.47. The summed E-state index contributed by atoms with van der Waals surface area (Å²) in [5.41, 5.74) is 2.57. The van der Waals surface area contributed by atoms with Gasteiger partial charge in [-0.1, -0.05) is 60.7 Å². The largest absolute Gasteiger partial charge is 0.493 e. The third kappa shape index (κ3) is 5.57. The Labute approximate surface area is 206 Å². The predicted molar refractivity (Wildman–Crippen MR) is 138 cm³/mol. The van der Waals surface area contributed by atoms with Crippen LogP contribution in [0, 0.1) is 0 Å². The Balaban J connectivity index is 1.41. The molecule has 1 unspecified atom stereocenters. The predicted octanol–water partition coefficient (Wildman–Crippen LogP) is 5.12. The van der Waals surface area contributed by atoms with Crippen LogP contribution in [0.25, 0.3) is 0 Å². The highest BCUT2D eigenvalue weighted by Gasteiger charge is 2.30. The van der Waals surface area contributed by atoms with Gasteiger partial charge in [0.1, 0.15) is 0 Å². The minimum atomic E-state index is -0.177. The van der Waals surface area contributed by atoms with Gasteiger partial charge in [0.25, 0.3) is 0 Å². The minimum absolute atomic E-state index is 0.176. The molecule has 6 heteroatoms. The average molecular weight is 477 g/mol. The molecule has 0 aliphatic carbocycles. The van der Waals surface area contributed by atoms with E-state index in [4.69, 9.17) is 9.47 Å². The Morgan fingerprint density at radius 1 is 0.794 bits per heavy atom. The van der Waals surface area contributed by atoms with Crippen molar-refractivity contribution >= 4 is 17.7 Å². The van der Waals surface area contributed by atoms with Crippen molar-refractivity contribution in [3.63, 3.8) is 0 Å². The van der Waals surface area contributed by atoms with Crippen LogP contribution in [0.15, 0.2) is 83.8 Å². The number of methoxy groups -OCH3 is 2. The Morgan fingerprint density at radius 2 is 1.35 bits per heavy atom. The van der Waals surface area contributed by atoms with Gasteiger partial charge in [-0.3, -0.25) is 9.69 Å². The van der Waals surface area contributed by atoms with Crippen LogP contribution in [0.5, 0.6) is 11.5 Å². The van der Waals surface area contributed by atoms with Crippen LogP contribution in [0.3, 0.4) is 0 Å². The first kappa shape index (κ1) is 24.2. The third-order valence-corrected chi connectivity index (χ3v) is 7.32. The van der Waals surface area contributed by atoms with Crippen molar-refractivity contribution in [1.82, 2.24) is 9.80 Å². The molecule has 1 heterocycles. The highest BCUT2D eigenvalue weighted by atomic mass is 32.2. The molecule has 3 aromatic rings. The van der Waals surface area contributed by atoms with Crippen molar-refractivity contribution in [2.45, 2.75) is 23.1 Å². The molecular formula is C28H32N2O3S. The number of ether oxygens (including phenoxy) is 2. The van der Waals surface area contributed by atoms with Gasteiger partial charge in [0.05, 0.1) is 25.5 Å². The number of hydrogen-bond acceptors (Lipinski definition) is 5. The van der Waals surface area contributed by atoms with Crippen molar-refractivity contribution < 1.29 is 14.3 Å². The maximum absolute atomic E-state index is 13.2. The number of carbonyl (C=O) groups excluding carboxylic acids is 1. The van der Waals surface area contributed by atoms with E-state index in [1.165, 1.54) is 11.1 Å². The molecule has 0 saturated carbocycles. The van der Waals surface area contributed by atoms with Gasteiger partial charge < -0.3 is 14.4 Å². The molecule has 0 aromatic heterocycles. The summed E-state index contributed by atoms with van der Waals surface area (Å²) in [5, 5.41) is -0.177. The Morgan fingerprint density at radius 3 is 1.88 bits per heavy atom. The zero-order valence-electron chi connectivity index (χ0n) is 20.0. The molecular weight excluding hydrogens is 444 g/mol. The highest BCUT2D eigenvalue weighted by Crippen LogP contribution is 2.34. The molecule has 1 fully saturated rings. The molecule has 3 aromatic carbocycles. The van der Waals surface area contributed by atoms with E-state index in [0.717, 1.165) is 31.1 Å². The molecule has 1 saturated heterocycles.